The number of halogens is 1. The Morgan fingerprint density at radius 1 is 1.29 bits per heavy atom. The summed E-state index contributed by atoms with van der Waals surface area (Å²) in [6, 6.07) is 6.55. The van der Waals surface area contributed by atoms with Crippen molar-refractivity contribution in [2.75, 3.05) is 7.05 Å². The number of hydrogen-bond acceptors (Lipinski definition) is 3. The second-order valence-corrected chi connectivity index (χ2v) is 6.41. The molecule has 4 heteroatoms. The molecule has 21 heavy (non-hydrogen) atoms. The summed E-state index contributed by atoms with van der Waals surface area (Å²) in [5.74, 6) is -0.326. The Hall–Kier alpha value is -1.42. The van der Waals surface area contributed by atoms with E-state index in [-0.39, 0.29) is 17.8 Å². The van der Waals surface area contributed by atoms with Crippen LogP contribution < -0.4 is 0 Å². The zero-order valence-corrected chi connectivity index (χ0v) is 13.3. The Morgan fingerprint density at radius 3 is 2.43 bits per heavy atom. The third kappa shape index (κ3) is 3.43. The standard InChI is InChI=1S/C17H25FN2O/c1-5-6-7-14-15(17(2,3)21)16(19-20(14)4)12-8-10-13(18)11-9-12/h8-11,14-15,21H,5-7H2,1-4H3. The highest BCUT2D eigenvalue weighted by Crippen LogP contribution is 2.35. The lowest BCUT2D eigenvalue weighted by Gasteiger charge is -2.33. The van der Waals surface area contributed by atoms with Crippen molar-refractivity contribution < 1.29 is 9.50 Å². The van der Waals surface area contributed by atoms with Crippen molar-refractivity contribution in [2.24, 2.45) is 11.0 Å². The number of benzene rings is 1. The van der Waals surface area contributed by atoms with Crippen LogP contribution >= 0.6 is 0 Å². The number of hydrazone groups is 1. The summed E-state index contributed by atoms with van der Waals surface area (Å²) in [6.45, 7) is 5.82. The van der Waals surface area contributed by atoms with Crippen LogP contribution in [-0.2, 0) is 0 Å². The number of hydrogen-bond donors (Lipinski definition) is 1. The van der Waals surface area contributed by atoms with Crippen molar-refractivity contribution in [3.63, 3.8) is 0 Å². The van der Waals surface area contributed by atoms with Gasteiger partial charge in [0.05, 0.1) is 23.3 Å². The van der Waals surface area contributed by atoms with Crippen LogP contribution in [0.2, 0.25) is 0 Å². The summed E-state index contributed by atoms with van der Waals surface area (Å²) < 4.78 is 13.1. The van der Waals surface area contributed by atoms with E-state index >= 15 is 0 Å². The van der Waals surface area contributed by atoms with Gasteiger partial charge in [-0.2, -0.15) is 5.10 Å². The second-order valence-electron chi connectivity index (χ2n) is 6.41. The molecule has 0 aliphatic carbocycles. The van der Waals surface area contributed by atoms with Gasteiger partial charge in [-0.25, -0.2) is 4.39 Å². The molecule has 0 radical (unpaired) electrons. The predicted molar refractivity (Wildman–Crippen MR) is 83.8 cm³/mol. The van der Waals surface area contributed by atoms with E-state index in [0.29, 0.717) is 0 Å². The SMILES string of the molecule is CCCCC1C(C(C)(C)O)C(c2ccc(F)cc2)=NN1C. The monoisotopic (exact) mass is 292 g/mol. The molecule has 116 valence electrons. The predicted octanol–water partition coefficient (Wildman–Crippen LogP) is 3.42. The summed E-state index contributed by atoms with van der Waals surface area (Å²) in [5.41, 5.74) is 0.872. The van der Waals surface area contributed by atoms with Gasteiger partial charge in [-0.1, -0.05) is 31.9 Å². The van der Waals surface area contributed by atoms with E-state index in [4.69, 9.17) is 0 Å². The van der Waals surface area contributed by atoms with Gasteiger partial charge in [0.1, 0.15) is 5.82 Å². The minimum atomic E-state index is -0.865. The largest absolute Gasteiger partial charge is 0.390 e. The second kappa shape index (κ2) is 6.14. The first kappa shape index (κ1) is 16.0. The van der Waals surface area contributed by atoms with Crippen molar-refractivity contribution in [3.05, 3.63) is 35.6 Å². The zero-order chi connectivity index (χ0) is 15.6. The molecular formula is C17H25FN2O. The molecular weight excluding hydrogens is 267 g/mol. The summed E-state index contributed by atoms with van der Waals surface area (Å²) in [6.07, 6.45) is 3.22. The first-order valence-corrected chi connectivity index (χ1v) is 7.64. The Labute approximate surface area is 126 Å². The van der Waals surface area contributed by atoms with Crippen LogP contribution in [0.4, 0.5) is 4.39 Å². The molecule has 0 fully saturated rings. The van der Waals surface area contributed by atoms with E-state index in [1.54, 1.807) is 12.1 Å². The lowest BCUT2D eigenvalue weighted by molar-refractivity contribution is 0.0166. The van der Waals surface area contributed by atoms with Gasteiger partial charge in [0, 0.05) is 7.05 Å². The van der Waals surface area contributed by atoms with Crippen LogP contribution in [0.25, 0.3) is 0 Å². The van der Waals surface area contributed by atoms with Crippen LogP contribution in [0.1, 0.15) is 45.6 Å². The lowest BCUT2D eigenvalue weighted by Crippen LogP contribution is -2.45. The highest BCUT2D eigenvalue weighted by molar-refractivity contribution is 6.04. The molecule has 0 amide bonds. The van der Waals surface area contributed by atoms with Gasteiger partial charge < -0.3 is 5.11 Å². The van der Waals surface area contributed by atoms with Crippen LogP contribution in [0.5, 0.6) is 0 Å². The summed E-state index contributed by atoms with van der Waals surface area (Å²) >= 11 is 0. The van der Waals surface area contributed by atoms with Gasteiger partial charge >= 0.3 is 0 Å². The number of nitrogens with zero attached hydrogens (tertiary/aromatic N) is 2. The maximum atomic E-state index is 13.1. The number of rotatable bonds is 5. The molecule has 2 atom stereocenters. The van der Waals surface area contributed by atoms with Gasteiger partial charge in [0.25, 0.3) is 0 Å². The molecule has 0 bridgehead atoms. The Bertz CT molecular complexity index is 505. The molecule has 2 unspecified atom stereocenters. The van der Waals surface area contributed by atoms with Crippen molar-refractivity contribution in [3.8, 4) is 0 Å². The molecule has 1 N–H and O–H groups in total. The van der Waals surface area contributed by atoms with Crippen molar-refractivity contribution in [2.45, 2.75) is 51.7 Å². The molecule has 1 aromatic rings. The van der Waals surface area contributed by atoms with Crippen LogP contribution in [-0.4, -0.2) is 34.5 Å². The van der Waals surface area contributed by atoms with E-state index < -0.39 is 5.60 Å². The average molecular weight is 292 g/mol. The van der Waals surface area contributed by atoms with Crippen LogP contribution in [0, 0.1) is 11.7 Å². The van der Waals surface area contributed by atoms with E-state index in [1.165, 1.54) is 12.1 Å². The molecule has 0 aromatic heterocycles. The zero-order valence-electron chi connectivity index (χ0n) is 13.3. The van der Waals surface area contributed by atoms with Gasteiger partial charge in [0.2, 0.25) is 0 Å². The minimum absolute atomic E-state index is 0.0699. The third-order valence-electron chi connectivity index (χ3n) is 4.18. The van der Waals surface area contributed by atoms with E-state index in [0.717, 1.165) is 30.5 Å². The first-order chi connectivity index (χ1) is 9.84. The molecule has 1 aliphatic rings. The Morgan fingerprint density at radius 2 is 1.90 bits per heavy atom. The molecule has 0 saturated carbocycles. The normalized spacial score (nSPS) is 22.6. The summed E-state index contributed by atoms with van der Waals surface area (Å²) in [7, 11) is 1.95. The Balaban J connectivity index is 2.34. The molecule has 3 nitrogen and oxygen atoms in total. The third-order valence-corrected chi connectivity index (χ3v) is 4.18. The van der Waals surface area contributed by atoms with E-state index in [2.05, 4.69) is 12.0 Å². The van der Waals surface area contributed by atoms with E-state index in [9.17, 15) is 9.50 Å². The van der Waals surface area contributed by atoms with Crippen LogP contribution in [0.15, 0.2) is 29.4 Å². The van der Waals surface area contributed by atoms with Crippen molar-refractivity contribution in [1.29, 1.82) is 0 Å². The average Bonchev–Trinajstić information content (AvgIpc) is 2.74. The fraction of sp³-hybridized carbons (Fsp3) is 0.588. The van der Waals surface area contributed by atoms with Gasteiger partial charge in [-0.15, -0.1) is 0 Å². The maximum absolute atomic E-state index is 13.1. The number of aliphatic hydroxyl groups is 1. The molecule has 1 aliphatic heterocycles. The molecule has 2 rings (SSSR count). The maximum Gasteiger partial charge on any atom is 0.123 e. The summed E-state index contributed by atoms with van der Waals surface area (Å²) in [5, 5.41) is 17.2. The number of unbranched alkanes of at least 4 members (excludes halogenated alkanes) is 1. The highest BCUT2D eigenvalue weighted by Gasteiger charge is 2.44. The van der Waals surface area contributed by atoms with Gasteiger partial charge in [-0.3, -0.25) is 5.01 Å². The molecule has 0 saturated heterocycles. The lowest BCUT2D eigenvalue weighted by atomic mass is 9.78. The fourth-order valence-corrected chi connectivity index (χ4v) is 3.13. The quantitative estimate of drug-likeness (QED) is 0.902. The topological polar surface area (TPSA) is 35.8 Å². The smallest absolute Gasteiger partial charge is 0.123 e. The minimum Gasteiger partial charge on any atom is -0.390 e. The van der Waals surface area contributed by atoms with Crippen molar-refractivity contribution >= 4 is 5.71 Å². The van der Waals surface area contributed by atoms with Gasteiger partial charge in [0.15, 0.2) is 0 Å². The van der Waals surface area contributed by atoms with Crippen LogP contribution in [0.3, 0.4) is 0 Å². The fourth-order valence-electron chi connectivity index (χ4n) is 3.13. The first-order valence-electron chi connectivity index (χ1n) is 7.64. The Kier molecular flexibility index (Phi) is 4.67. The molecule has 1 heterocycles. The van der Waals surface area contributed by atoms with E-state index in [1.807, 2.05) is 25.9 Å². The highest BCUT2D eigenvalue weighted by atomic mass is 19.1. The summed E-state index contributed by atoms with van der Waals surface area (Å²) in [4.78, 5) is 0. The van der Waals surface area contributed by atoms with Gasteiger partial charge in [-0.05, 0) is 38.0 Å². The van der Waals surface area contributed by atoms with Crippen molar-refractivity contribution in [1.82, 2.24) is 5.01 Å². The molecule has 1 aromatic carbocycles. The molecule has 0 spiro atoms.